The number of nitrogens with zero attached hydrogens (tertiary/aromatic N) is 5. The Balaban J connectivity index is 1.72. The van der Waals surface area contributed by atoms with Crippen LogP contribution in [0.2, 0.25) is 0 Å². The number of nitrogens with two attached hydrogens (primary N) is 1. The van der Waals surface area contributed by atoms with Crippen LogP contribution in [0.15, 0.2) is 18.3 Å². The summed E-state index contributed by atoms with van der Waals surface area (Å²) >= 11 is 0. The van der Waals surface area contributed by atoms with E-state index in [1.165, 1.54) is 0 Å². The van der Waals surface area contributed by atoms with Crippen molar-refractivity contribution in [3.8, 4) is 0 Å². The summed E-state index contributed by atoms with van der Waals surface area (Å²) in [6.45, 7) is 5.33. The molecule has 2 aromatic heterocycles. The van der Waals surface area contributed by atoms with Gasteiger partial charge < -0.3 is 15.4 Å². The number of likely N-dealkylation sites (tertiary alicyclic amines) is 1. The third kappa shape index (κ3) is 3.43. The molecule has 1 aliphatic rings. The van der Waals surface area contributed by atoms with Crippen LogP contribution in [-0.2, 0) is 22.6 Å². The van der Waals surface area contributed by atoms with Gasteiger partial charge in [-0.3, -0.25) is 14.2 Å². The number of rotatable bonds is 5. The quantitative estimate of drug-likeness (QED) is 0.865. The van der Waals surface area contributed by atoms with E-state index in [0.29, 0.717) is 18.9 Å². The lowest BCUT2D eigenvalue weighted by molar-refractivity contribution is -0.133. The normalized spacial score (nSPS) is 20.7. The van der Waals surface area contributed by atoms with Crippen LogP contribution in [0.5, 0.6) is 0 Å². The highest BCUT2D eigenvalue weighted by atomic mass is 16.5. The SMILES string of the molecule is CO[C@H]1C[C@@H](Cn2ccc(N)n2)N(C(=O)Cn2nc(C)cc2C)C1. The van der Waals surface area contributed by atoms with E-state index >= 15 is 0 Å². The van der Waals surface area contributed by atoms with Gasteiger partial charge in [0.25, 0.3) is 0 Å². The van der Waals surface area contributed by atoms with Crippen LogP contribution in [0.4, 0.5) is 5.82 Å². The van der Waals surface area contributed by atoms with Crippen molar-refractivity contribution in [3.63, 3.8) is 0 Å². The van der Waals surface area contributed by atoms with Gasteiger partial charge in [-0.15, -0.1) is 0 Å². The molecule has 3 heterocycles. The summed E-state index contributed by atoms with van der Waals surface area (Å²) in [5.74, 6) is 0.530. The molecule has 130 valence electrons. The molecule has 1 amide bonds. The summed E-state index contributed by atoms with van der Waals surface area (Å²) in [7, 11) is 1.68. The topological polar surface area (TPSA) is 91.2 Å². The van der Waals surface area contributed by atoms with Gasteiger partial charge in [-0.25, -0.2) is 0 Å². The van der Waals surface area contributed by atoms with Gasteiger partial charge >= 0.3 is 0 Å². The van der Waals surface area contributed by atoms with Crippen molar-refractivity contribution in [2.75, 3.05) is 19.4 Å². The number of anilines is 1. The van der Waals surface area contributed by atoms with Crippen molar-refractivity contribution in [2.45, 2.75) is 45.5 Å². The number of methoxy groups -OCH3 is 1. The van der Waals surface area contributed by atoms with E-state index in [0.717, 1.165) is 17.8 Å². The van der Waals surface area contributed by atoms with Gasteiger partial charge in [0.15, 0.2) is 0 Å². The Morgan fingerprint density at radius 3 is 2.79 bits per heavy atom. The summed E-state index contributed by atoms with van der Waals surface area (Å²) in [5, 5.41) is 8.60. The molecule has 0 unspecified atom stereocenters. The Hall–Kier alpha value is -2.35. The number of aryl methyl sites for hydroxylation is 2. The molecule has 0 aliphatic carbocycles. The minimum absolute atomic E-state index is 0.0405. The molecule has 2 aromatic rings. The number of amides is 1. The van der Waals surface area contributed by atoms with E-state index in [2.05, 4.69) is 10.2 Å². The molecule has 0 saturated carbocycles. The highest BCUT2D eigenvalue weighted by Crippen LogP contribution is 2.22. The predicted octanol–water partition coefficient (Wildman–Crippen LogP) is 0.595. The molecule has 8 heteroatoms. The van der Waals surface area contributed by atoms with Gasteiger partial charge in [0, 0.05) is 25.5 Å². The second kappa shape index (κ2) is 6.64. The van der Waals surface area contributed by atoms with Crippen molar-refractivity contribution in [2.24, 2.45) is 0 Å². The lowest BCUT2D eigenvalue weighted by atomic mass is 10.2. The van der Waals surface area contributed by atoms with Gasteiger partial charge in [0.1, 0.15) is 12.4 Å². The average molecular weight is 332 g/mol. The monoisotopic (exact) mass is 332 g/mol. The molecule has 1 fully saturated rings. The van der Waals surface area contributed by atoms with Crippen LogP contribution < -0.4 is 5.73 Å². The standard InChI is InChI=1S/C16H24N6O2/c1-11-6-12(2)22(18-11)10-16(23)21-9-14(24-3)7-13(21)8-20-5-4-15(17)19-20/h4-6,13-14H,7-10H2,1-3H3,(H2,17,19)/t13-,14-/m0/s1. The van der Waals surface area contributed by atoms with Crippen LogP contribution >= 0.6 is 0 Å². The first-order chi connectivity index (χ1) is 11.5. The summed E-state index contributed by atoms with van der Waals surface area (Å²) in [4.78, 5) is 14.7. The fourth-order valence-corrected chi connectivity index (χ4v) is 3.27. The number of ether oxygens (including phenoxy) is 1. The Morgan fingerprint density at radius 1 is 1.42 bits per heavy atom. The van der Waals surface area contributed by atoms with Crippen LogP contribution in [0.25, 0.3) is 0 Å². The number of hydrogen-bond donors (Lipinski definition) is 1. The van der Waals surface area contributed by atoms with Crippen LogP contribution in [0.3, 0.4) is 0 Å². The molecule has 0 radical (unpaired) electrons. The number of carbonyl (C=O) groups excluding carboxylic acids is 1. The maximum Gasteiger partial charge on any atom is 0.244 e. The van der Waals surface area contributed by atoms with E-state index < -0.39 is 0 Å². The highest BCUT2D eigenvalue weighted by Gasteiger charge is 2.35. The average Bonchev–Trinajstić information content (AvgIpc) is 3.20. The minimum Gasteiger partial charge on any atom is -0.382 e. The van der Waals surface area contributed by atoms with E-state index in [-0.39, 0.29) is 24.6 Å². The number of nitrogen functional groups attached to an aromatic ring is 1. The maximum absolute atomic E-state index is 12.8. The molecule has 3 rings (SSSR count). The van der Waals surface area contributed by atoms with Crippen molar-refractivity contribution >= 4 is 11.7 Å². The molecular formula is C16H24N6O2. The first-order valence-electron chi connectivity index (χ1n) is 8.08. The van der Waals surface area contributed by atoms with Crippen molar-refractivity contribution in [1.82, 2.24) is 24.5 Å². The predicted molar refractivity (Wildman–Crippen MR) is 89.3 cm³/mol. The molecular weight excluding hydrogens is 308 g/mol. The second-order valence-electron chi connectivity index (χ2n) is 6.34. The lowest BCUT2D eigenvalue weighted by Gasteiger charge is -2.24. The van der Waals surface area contributed by atoms with E-state index in [4.69, 9.17) is 10.5 Å². The third-order valence-corrected chi connectivity index (χ3v) is 4.48. The molecule has 8 nitrogen and oxygen atoms in total. The Labute approximate surface area is 141 Å². The van der Waals surface area contributed by atoms with Crippen molar-refractivity contribution in [3.05, 3.63) is 29.7 Å². The van der Waals surface area contributed by atoms with E-state index in [9.17, 15) is 4.79 Å². The van der Waals surface area contributed by atoms with Crippen molar-refractivity contribution in [1.29, 1.82) is 0 Å². The van der Waals surface area contributed by atoms with E-state index in [1.54, 1.807) is 22.5 Å². The van der Waals surface area contributed by atoms with Crippen LogP contribution in [-0.4, -0.2) is 56.2 Å². The first kappa shape index (κ1) is 16.5. The Morgan fingerprint density at radius 2 is 2.21 bits per heavy atom. The summed E-state index contributed by atoms with van der Waals surface area (Å²) in [6, 6.07) is 3.77. The number of aromatic nitrogens is 4. The maximum atomic E-state index is 12.8. The first-order valence-corrected chi connectivity index (χ1v) is 8.08. The summed E-state index contributed by atoms with van der Waals surface area (Å²) in [5.41, 5.74) is 7.58. The fourth-order valence-electron chi connectivity index (χ4n) is 3.27. The zero-order valence-corrected chi connectivity index (χ0v) is 14.3. The van der Waals surface area contributed by atoms with Crippen molar-refractivity contribution < 1.29 is 9.53 Å². The van der Waals surface area contributed by atoms with Gasteiger partial charge in [0.2, 0.25) is 5.91 Å². The fraction of sp³-hybridized carbons (Fsp3) is 0.562. The molecule has 24 heavy (non-hydrogen) atoms. The minimum atomic E-state index is 0.0405. The lowest BCUT2D eigenvalue weighted by Crippen LogP contribution is -2.40. The van der Waals surface area contributed by atoms with E-state index in [1.807, 2.05) is 31.0 Å². The zero-order chi connectivity index (χ0) is 17.3. The highest BCUT2D eigenvalue weighted by molar-refractivity contribution is 5.76. The molecule has 1 aliphatic heterocycles. The van der Waals surface area contributed by atoms with Gasteiger partial charge in [0.05, 0.1) is 24.4 Å². The van der Waals surface area contributed by atoms with Crippen LogP contribution in [0, 0.1) is 13.8 Å². The molecule has 0 bridgehead atoms. The Kier molecular flexibility index (Phi) is 4.57. The summed E-state index contributed by atoms with van der Waals surface area (Å²) < 4.78 is 9.00. The number of hydrogen-bond acceptors (Lipinski definition) is 5. The van der Waals surface area contributed by atoms with Crippen LogP contribution in [0.1, 0.15) is 17.8 Å². The third-order valence-electron chi connectivity index (χ3n) is 4.48. The molecule has 1 saturated heterocycles. The molecule has 2 N–H and O–H groups in total. The smallest absolute Gasteiger partial charge is 0.244 e. The summed E-state index contributed by atoms with van der Waals surface area (Å²) in [6.07, 6.45) is 2.67. The van der Waals surface area contributed by atoms with Gasteiger partial charge in [-0.2, -0.15) is 10.2 Å². The number of carbonyl (C=O) groups is 1. The second-order valence-corrected chi connectivity index (χ2v) is 6.34. The largest absolute Gasteiger partial charge is 0.382 e. The molecule has 2 atom stereocenters. The zero-order valence-electron chi connectivity index (χ0n) is 14.3. The molecule has 0 spiro atoms. The van der Waals surface area contributed by atoms with Gasteiger partial charge in [-0.1, -0.05) is 0 Å². The molecule has 0 aromatic carbocycles. The van der Waals surface area contributed by atoms with Gasteiger partial charge in [-0.05, 0) is 32.4 Å². The Bertz CT molecular complexity index is 722.